The summed E-state index contributed by atoms with van der Waals surface area (Å²) in [5, 5.41) is 3.90. The fraction of sp³-hybridized carbons (Fsp3) is 0.400. The van der Waals surface area contributed by atoms with Crippen LogP contribution in [0, 0.1) is 5.92 Å². The molecular formula is C5H7BrN2. The van der Waals surface area contributed by atoms with Crippen molar-refractivity contribution in [1.29, 1.82) is 0 Å². The van der Waals surface area contributed by atoms with Gasteiger partial charge in [-0.2, -0.15) is 5.10 Å². The number of hydrazone groups is 1. The normalized spacial score (nSPS) is 26.6. The average Bonchev–Trinajstić information content (AvgIpc) is 2.14. The summed E-state index contributed by atoms with van der Waals surface area (Å²) in [4.78, 5) is 0. The lowest BCUT2D eigenvalue weighted by atomic mass is 10.2. The van der Waals surface area contributed by atoms with E-state index in [2.05, 4.69) is 33.0 Å². The monoisotopic (exact) mass is 174 g/mol. The van der Waals surface area contributed by atoms with Crippen LogP contribution < -0.4 is 5.43 Å². The van der Waals surface area contributed by atoms with Crippen LogP contribution in [0.2, 0.25) is 0 Å². The second kappa shape index (κ2) is 2.31. The molecule has 0 fully saturated rings. The van der Waals surface area contributed by atoms with Gasteiger partial charge >= 0.3 is 0 Å². The standard InChI is InChI=1S/C5H7BrN2/c1-2-4-3-7-8-5(4)6/h2,4,7H,1,3H2/t4-/m0/s1. The Kier molecular flexibility index (Phi) is 1.68. The van der Waals surface area contributed by atoms with Gasteiger partial charge in [0, 0.05) is 12.5 Å². The van der Waals surface area contributed by atoms with Gasteiger partial charge in [-0.05, 0) is 15.9 Å². The Hall–Kier alpha value is -0.310. The minimum Gasteiger partial charge on any atom is -0.308 e. The van der Waals surface area contributed by atoms with Crippen molar-refractivity contribution >= 4 is 20.6 Å². The lowest BCUT2D eigenvalue weighted by Gasteiger charge is -1.95. The van der Waals surface area contributed by atoms with E-state index in [1.165, 1.54) is 0 Å². The van der Waals surface area contributed by atoms with Gasteiger partial charge in [-0.25, -0.2) is 0 Å². The summed E-state index contributed by atoms with van der Waals surface area (Å²) in [5.41, 5.74) is 2.84. The Morgan fingerprint density at radius 2 is 2.75 bits per heavy atom. The van der Waals surface area contributed by atoms with Gasteiger partial charge in [0.25, 0.3) is 0 Å². The summed E-state index contributed by atoms with van der Waals surface area (Å²) in [6, 6.07) is 0. The third kappa shape index (κ3) is 0.916. The first-order valence-corrected chi connectivity index (χ1v) is 3.22. The third-order valence-electron chi connectivity index (χ3n) is 1.09. The number of hydrogen-bond donors (Lipinski definition) is 1. The van der Waals surface area contributed by atoms with Crippen molar-refractivity contribution in [3.05, 3.63) is 12.7 Å². The minimum atomic E-state index is 0.384. The maximum absolute atomic E-state index is 3.90. The Balaban J connectivity index is 2.58. The molecule has 0 spiro atoms. The van der Waals surface area contributed by atoms with Gasteiger partial charge in [-0.15, -0.1) is 6.58 Å². The van der Waals surface area contributed by atoms with E-state index >= 15 is 0 Å². The number of rotatable bonds is 1. The molecule has 1 atom stereocenters. The fourth-order valence-electron chi connectivity index (χ4n) is 0.567. The molecular weight excluding hydrogens is 168 g/mol. The molecule has 1 heterocycles. The molecule has 0 radical (unpaired) electrons. The molecule has 0 saturated heterocycles. The largest absolute Gasteiger partial charge is 0.308 e. The highest BCUT2D eigenvalue weighted by atomic mass is 79.9. The fourth-order valence-corrected chi connectivity index (χ4v) is 1.04. The Morgan fingerprint density at radius 1 is 2.00 bits per heavy atom. The molecule has 1 rings (SSSR count). The SMILES string of the molecule is C=C[C@H]1CNN=C1Br. The average molecular weight is 175 g/mol. The van der Waals surface area contributed by atoms with E-state index in [0.717, 1.165) is 11.2 Å². The van der Waals surface area contributed by atoms with E-state index in [0.29, 0.717) is 5.92 Å². The van der Waals surface area contributed by atoms with E-state index in [1.54, 1.807) is 0 Å². The molecule has 8 heavy (non-hydrogen) atoms. The topological polar surface area (TPSA) is 24.4 Å². The summed E-state index contributed by atoms with van der Waals surface area (Å²) >= 11 is 3.28. The maximum Gasteiger partial charge on any atom is 0.111 e. The lowest BCUT2D eigenvalue weighted by molar-refractivity contribution is 0.750. The predicted molar refractivity (Wildman–Crippen MR) is 38.1 cm³/mol. The van der Waals surface area contributed by atoms with Gasteiger partial charge in [-0.3, -0.25) is 0 Å². The Labute approximate surface area is 56.8 Å². The molecule has 3 heteroatoms. The van der Waals surface area contributed by atoms with Crippen LogP contribution >= 0.6 is 15.9 Å². The van der Waals surface area contributed by atoms with Gasteiger partial charge in [0.15, 0.2) is 0 Å². The molecule has 0 aliphatic carbocycles. The van der Waals surface area contributed by atoms with Crippen molar-refractivity contribution in [2.24, 2.45) is 11.0 Å². The molecule has 0 amide bonds. The molecule has 0 unspecified atom stereocenters. The smallest absolute Gasteiger partial charge is 0.111 e. The molecule has 0 bridgehead atoms. The van der Waals surface area contributed by atoms with Crippen LogP contribution in [0.5, 0.6) is 0 Å². The molecule has 0 aromatic carbocycles. The number of nitrogens with zero attached hydrogens (tertiary/aromatic N) is 1. The van der Waals surface area contributed by atoms with Crippen molar-refractivity contribution in [1.82, 2.24) is 5.43 Å². The third-order valence-corrected chi connectivity index (χ3v) is 1.85. The highest BCUT2D eigenvalue weighted by Crippen LogP contribution is 2.10. The number of halogens is 1. The van der Waals surface area contributed by atoms with E-state index in [-0.39, 0.29) is 0 Å². The minimum absolute atomic E-state index is 0.384. The summed E-state index contributed by atoms with van der Waals surface area (Å²) < 4.78 is 0.951. The predicted octanol–water partition coefficient (Wildman–Crippen LogP) is 1.10. The molecule has 1 aliphatic rings. The van der Waals surface area contributed by atoms with Crippen LogP contribution in [-0.2, 0) is 0 Å². The molecule has 0 aromatic heterocycles. The first-order valence-electron chi connectivity index (χ1n) is 2.43. The van der Waals surface area contributed by atoms with Crippen molar-refractivity contribution in [3.63, 3.8) is 0 Å². The van der Waals surface area contributed by atoms with Crippen molar-refractivity contribution < 1.29 is 0 Å². The Bertz CT molecular complexity index is 130. The van der Waals surface area contributed by atoms with Gasteiger partial charge < -0.3 is 5.43 Å². The lowest BCUT2D eigenvalue weighted by Crippen LogP contribution is -2.08. The van der Waals surface area contributed by atoms with E-state index in [4.69, 9.17) is 0 Å². The first kappa shape index (κ1) is 5.82. The van der Waals surface area contributed by atoms with Crippen LogP contribution in [0.1, 0.15) is 0 Å². The summed E-state index contributed by atoms with van der Waals surface area (Å²) in [6.07, 6.45) is 1.87. The zero-order chi connectivity index (χ0) is 5.98. The Morgan fingerprint density at radius 3 is 3.00 bits per heavy atom. The molecule has 44 valence electrons. The zero-order valence-electron chi connectivity index (χ0n) is 4.39. The quantitative estimate of drug-likeness (QED) is 0.593. The number of hydrogen-bond acceptors (Lipinski definition) is 2. The van der Waals surface area contributed by atoms with Gasteiger partial charge in [0.1, 0.15) is 4.62 Å². The van der Waals surface area contributed by atoms with E-state index in [1.807, 2.05) is 6.08 Å². The van der Waals surface area contributed by atoms with Crippen molar-refractivity contribution in [3.8, 4) is 0 Å². The van der Waals surface area contributed by atoms with Crippen molar-refractivity contribution in [2.45, 2.75) is 0 Å². The first-order chi connectivity index (χ1) is 3.84. The van der Waals surface area contributed by atoms with E-state index in [9.17, 15) is 0 Å². The van der Waals surface area contributed by atoms with E-state index < -0.39 is 0 Å². The molecule has 2 nitrogen and oxygen atoms in total. The van der Waals surface area contributed by atoms with Gasteiger partial charge in [0.2, 0.25) is 0 Å². The second-order valence-electron chi connectivity index (χ2n) is 1.64. The zero-order valence-corrected chi connectivity index (χ0v) is 5.98. The highest BCUT2D eigenvalue weighted by molar-refractivity contribution is 9.18. The van der Waals surface area contributed by atoms with Gasteiger partial charge in [-0.1, -0.05) is 6.08 Å². The highest BCUT2D eigenvalue weighted by Gasteiger charge is 2.13. The maximum atomic E-state index is 3.90. The summed E-state index contributed by atoms with van der Waals surface area (Å²) in [5.74, 6) is 0.384. The molecule has 1 N–H and O–H groups in total. The molecule has 0 aromatic rings. The van der Waals surface area contributed by atoms with Crippen LogP contribution in [0.4, 0.5) is 0 Å². The van der Waals surface area contributed by atoms with Crippen LogP contribution in [0.25, 0.3) is 0 Å². The number of nitrogens with one attached hydrogen (secondary N) is 1. The van der Waals surface area contributed by atoms with Gasteiger partial charge in [0.05, 0.1) is 0 Å². The molecule has 1 aliphatic heterocycles. The molecule has 0 saturated carbocycles. The van der Waals surface area contributed by atoms with Crippen LogP contribution in [-0.4, -0.2) is 11.2 Å². The van der Waals surface area contributed by atoms with Crippen molar-refractivity contribution in [2.75, 3.05) is 6.54 Å². The summed E-state index contributed by atoms with van der Waals surface area (Å²) in [6.45, 7) is 4.52. The summed E-state index contributed by atoms with van der Waals surface area (Å²) in [7, 11) is 0. The van der Waals surface area contributed by atoms with Crippen LogP contribution in [0.15, 0.2) is 17.8 Å². The van der Waals surface area contributed by atoms with Crippen LogP contribution in [0.3, 0.4) is 0 Å². The second-order valence-corrected chi connectivity index (χ2v) is 2.45.